The minimum absolute atomic E-state index is 0.0143. The van der Waals surface area contributed by atoms with Crippen molar-refractivity contribution in [3.63, 3.8) is 0 Å². The van der Waals surface area contributed by atoms with Crippen molar-refractivity contribution >= 4 is 17.5 Å². The topological polar surface area (TPSA) is 58.6 Å². The van der Waals surface area contributed by atoms with Crippen LogP contribution in [0, 0.1) is 0 Å². The highest BCUT2D eigenvalue weighted by Crippen LogP contribution is 2.28. The van der Waals surface area contributed by atoms with Crippen molar-refractivity contribution in [3.8, 4) is 5.75 Å². The van der Waals surface area contributed by atoms with Crippen LogP contribution < -0.4 is 15.0 Å². The molecule has 26 heavy (non-hydrogen) atoms. The largest absolute Gasteiger partial charge is 0.497 e. The summed E-state index contributed by atoms with van der Waals surface area (Å²) in [5.41, 5.74) is 2.00. The van der Waals surface area contributed by atoms with Gasteiger partial charge in [0.2, 0.25) is 11.8 Å². The second-order valence-electron chi connectivity index (χ2n) is 6.40. The second-order valence-corrected chi connectivity index (χ2v) is 6.40. The number of carbonyl (C=O) groups excluding carboxylic acids is 2. The molecule has 0 aliphatic carbocycles. The van der Waals surface area contributed by atoms with E-state index in [4.69, 9.17) is 4.74 Å². The summed E-state index contributed by atoms with van der Waals surface area (Å²) in [5.74, 6) is 0.627. The van der Waals surface area contributed by atoms with Crippen LogP contribution in [-0.4, -0.2) is 31.5 Å². The van der Waals surface area contributed by atoms with Crippen LogP contribution in [0.3, 0.4) is 0 Å². The molecule has 1 fully saturated rings. The van der Waals surface area contributed by atoms with Crippen molar-refractivity contribution in [2.24, 2.45) is 0 Å². The third-order valence-corrected chi connectivity index (χ3v) is 4.65. The molecule has 1 saturated heterocycles. The van der Waals surface area contributed by atoms with Crippen molar-refractivity contribution < 1.29 is 14.3 Å². The van der Waals surface area contributed by atoms with Gasteiger partial charge >= 0.3 is 0 Å². The Labute approximate surface area is 154 Å². The van der Waals surface area contributed by atoms with Crippen LogP contribution in [0.5, 0.6) is 5.75 Å². The van der Waals surface area contributed by atoms with E-state index >= 15 is 0 Å². The smallest absolute Gasteiger partial charge is 0.243 e. The number of benzene rings is 2. The van der Waals surface area contributed by atoms with E-state index in [0.717, 1.165) is 24.3 Å². The average molecular weight is 352 g/mol. The molecule has 2 aromatic rings. The number of aryl methyl sites for hydroxylation is 1. The Morgan fingerprint density at radius 2 is 1.88 bits per heavy atom. The van der Waals surface area contributed by atoms with Crippen molar-refractivity contribution in [1.29, 1.82) is 0 Å². The quantitative estimate of drug-likeness (QED) is 0.780. The number of methoxy groups -OCH3 is 1. The van der Waals surface area contributed by atoms with Gasteiger partial charge in [-0.15, -0.1) is 0 Å². The van der Waals surface area contributed by atoms with E-state index in [9.17, 15) is 9.59 Å². The van der Waals surface area contributed by atoms with Gasteiger partial charge in [-0.05, 0) is 49.1 Å². The lowest BCUT2D eigenvalue weighted by Gasteiger charge is -2.24. The van der Waals surface area contributed by atoms with Gasteiger partial charge in [0.25, 0.3) is 0 Å². The van der Waals surface area contributed by atoms with Crippen LogP contribution in [-0.2, 0) is 16.0 Å². The molecule has 5 heteroatoms. The number of amides is 2. The number of anilines is 1. The Hall–Kier alpha value is -2.82. The molecule has 2 amide bonds. The van der Waals surface area contributed by atoms with Gasteiger partial charge < -0.3 is 10.1 Å². The molecule has 1 heterocycles. The van der Waals surface area contributed by atoms with Crippen molar-refractivity contribution in [1.82, 2.24) is 5.32 Å². The first-order valence-corrected chi connectivity index (χ1v) is 8.97. The molecule has 3 rings (SSSR count). The molecule has 5 nitrogen and oxygen atoms in total. The first kappa shape index (κ1) is 18.0. The maximum absolute atomic E-state index is 12.6. The third-order valence-electron chi connectivity index (χ3n) is 4.65. The molecule has 136 valence electrons. The molecule has 1 aliphatic heterocycles. The highest BCUT2D eigenvalue weighted by Gasteiger charge is 2.36. The summed E-state index contributed by atoms with van der Waals surface area (Å²) in [6.07, 6.45) is 2.75. The molecule has 2 aromatic carbocycles. The highest BCUT2D eigenvalue weighted by molar-refractivity contribution is 6.03. The number of carbonyl (C=O) groups is 2. The summed E-state index contributed by atoms with van der Waals surface area (Å²) < 4.78 is 5.15. The molecule has 1 N–H and O–H groups in total. The summed E-state index contributed by atoms with van der Waals surface area (Å²) in [6.45, 7) is 0.606. The van der Waals surface area contributed by atoms with E-state index in [1.807, 2.05) is 30.3 Å². The number of hydrogen-bond acceptors (Lipinski definition) is 3. The molecular weight excluding hydrogens is 328 g/mol. The van der Waals surface area contributed by atoms with E-state index in [2.05, 4.69) is 17.4 Å². The molecule has 1 unspecified atom stereocenters. The maximum atomic E-state index is 12.6. The molecule has 1 atom stereocenters. The minimum Gasteiger partial charge on any atom is -0.497 e. The lowest BCUT2D eigenvalue weighted by molar-refractivity contribution is -0.123. The third kappa shape index (κ3) is 4.23. The fourth-order valence-corrected chi connectivity index (χ4v) is 3.27. The van der Waals surface area contributed by atoms with Gasteiger partial charge in [-0.2, -0.15) is 0 Å². The van der Waals surface area contributed by atoms with Crippen LogP contribution in [0.4, 0.5) is 5.69 Å². The fourth-order valence-electron chi connectivity index (χ4n) is 3.27. The Bertz CT molecular complexity index is 744. The van der Waals surface area contributed by atoms with Gasteiger partial charge in [0.1, 0.15) is 11.8 Å². The highest BCUT2D eigenvalue weighted by atomic mass is 16.5. The minimum atomic E-state index is -0.437. The van der Waals surface area contributed by atoms with Crippen LogP contribution in [0.15, 0.2) is 54.6 Å². The number of rotatable bonds is 7. The van der Waals surface area contributed by atoms with Crippen molar-refractivity contribution in [3.05, 3.63) is 60.2 Å². The number of hydrogen-bond donors (Lipinski definition) is 1. The molecule has 0 aromatic heterocycles. The predicted octanol–water partition coefficient (Wildman–Crippen LogP) is 2.94. The lowest BCUT2D eigenvalue weighted by Crippen LogP contribution is -2.45. The van der Waals surface area contributed by atoms with Gasteiger partial charge in [0.05, 0.1) is 7.11 Å². The average Bonchev–Trinajstić information content (AvgIpc) is 3.07. The van der Waals surface area contributed by atoms with E-state index in [1.165, 1.54) is 5.56 Å². The van der Waals surface area contributed by atoms with E-state index < -0.39 is 6.04 Å². The van der Waals surface area contributed by atoms with E-state index in [0.29, 0.717) is 19.4 Å². The van der Waals surface area contributed by atoms with Crippen molar-refractivity contribution in [2.45, 2.75) is 31.7 Å². The number of ether oxygens (including phenoxy) is 1. The predicted molar refractivity (Wildman–Crippen MR) is 101 cm³/mol. The first-order chi connectivity index (χ1) is 12.7. The zero-order chi connectivity index (χ0) is 18.4. The fraction of sp³-hybridized carbons (Fsp3) is 0.333. The summed E-state index contributed by atoms with van der Waals surface area (Å²) >= 11 is 0. The SMILES string of the molecule is COc1ccc(N2C(=O)CCC2C(=O)NCCCc2ccccc2)cc1. The molecule has 1 aliphatic rings. The Morgan fingerprint density at radius 3 is 2.58 bits per heavy atom. The van der Waals surface area contributed by atoms with E-state index in [-0.39, 0.29) is 11.8 Å². The number of nitrogens with zero attached hydrogens (tertiary/aromatic N) is 1. The van der Waals surface area contributed by atoms with Gasteiger partial charge in [-0.1, -0.05) is 30.3 Å². The summed E-state index contributed by atoms with van der Waals surface area (Å²) in [4.78, 5) is 26.5. The Morgan fingerprint density at radius 1 is 1.15 bits per heavy atom. The van der Waals surface area contributed by atoms with Gasteiger partial charge in [0.15, 0.2) is 0 Å². The number of nitrogens with one attached hydrogen (secondary N) is 1. The molecule has 0 radical (unpaired) electrons. The van der Waals surface area contributed by atoms with Crippen LogP contribution >= 0.6 is 0 Å². The van der Waals surface area contributed by atoms with E-state index in [1.54, 1.807) is 24.1 Å². The van der Waals surface area contributed by atoms with Crippen LogP contribution in [0.25, 0.3) is 0 Å². The Balaban J connectivity index is 1.56. The zero-order valence-corrected chi connectivity index (χ0v) is 15.0. The van der Waals surface area contributed by atoms with Gasteiger partial charge in [-0.3, -0.25) is 14.5 Å². The maximum Gasteiger partial charge on any atom is 0.243 e. The normalized spacial score (nSPS) is 16.6. The molecule has 0 saturated carbocycles. The standard InChI is InChI=1S/C21H24N2O3/c1-26-18-11-9-17(10-12-18)23-19(13-14-20(23)24)21(25)22-15-5-8-16-6-3-2-4-7-16/h2-4,6-7,9-12,19H,5,8,13-15H2,1H3,(H,22,25). The monoisotopic (exact) mass is 352 g/mol. The summed E-state index contributed by atoms with van der Waals surface area (Å²) in [5, 5.41) is 2.98. The van der Waals surface area contributed by atoms with Crippen LogP contribution in [0.2, 0.25) is 0 Å². The summed E-state index contributed by atoms with van der Waals surface area (Å²) in [7, 11) is 1.60. The first-order valence-electron chi connectivity index (χ1n) is 8.97. The lowest BCUT2D eigenvalue weighted by atomic mass is 10.1. The Kier molecular flexibility index (Phi) is 5.89. The second kappa shape index (κ2) is 8.52. The van der Waals surface area contributed by atoms with Gasteiger partial charge in [0, 0.05) is 18.7 Å². The van der Waals surface area contributed by atoms with Crippen molar-refractivity contribution in [2.75, 3.05) is 18.6 Å². The zero-order valence-electron chi connectivity index (χ0n) is 15.0. The molecule has 0 bridgehead atoms. The van der Waals surface area contributed by atoms with Gasteiger partial charge in [-0.25, -0.2) is 0 Å². The summed E-state index contributed by atoms with van der Waals surface area (Å²) in [6, 6.07) is 17.0. The molecule has 0 spiro atoms. The molecular formula is C21H24N2O3. The van der Waals surface area contributed by atoms with Crippen LogP contribution in [0.1, 0.15) is 24.8 Å².